The second-order valence-corrected chi connectivity index (χ2v) is 9.45. The summed E-state index contributed by atoms with van der Waals surface area (Å²) in [6.45, 7) is 6.18. The molecular formula is C29H26F2N8O3. The van der Waals surface area contributed by atoms with E-state index in [1.807, 2.05) is 11.0 Å². The lowest BCUT2D eigenvalue weighted by atomic mass is 10.2. The van der Waals surface area contributed by atoms with E-state index in [2.05, 4.69) is 27.2 Å². The fourth-order valence-electron chi connectivity index (χ4n) is 4.77. The minimum Gasteiger partial charge on any atom is -0.395 e. The van der Waals surface area contributed by atoms with E-state index in [4.69, 9.17) is 5.11 Å². The van der Waals surface area contributed by atoms with Crippen LogP contribution in [0.1, 0.15) is 5.69 Å². The van der Waals surface area contributed by atoms with Crippen LogP contribution in [0, 0.1) is 23.0 Å². The number of β-amino-alcohol motifs (C(OH)–C–C–N with tert-alkyl or cyclic N) is 1. The van der Waals surface area contributed by atoms with Crippen molar-refractivity contribution in [1.29, 1.82) is 5.26 Å². The largest absolute Gasteiger partial charge is 0.395 e. The lowest BCUT2D eigenvalue weighted by molar-refractivity contribution is -0.111. The molecule has 5 rings (SSSR count). The van der Waals surface area contributed by atoms with Gasteiger partial charge in [0, 0.05) is 50.7 Å². The summed E-state index contributed by atoms with van der Waals surface area (Å²) in [4.78, 5) is 36.8. The van der Waals surface area contributed by atoms with Crippen LogP contribution in [0.5, 0.6) is 0 Å². The molecule has 1 aliphatic rings. The summed E-state index contributed by atoms with van der Waals surface area (Å²) in [6.07, 6.45) is 2.35. The van der Waals surface area contributed by atoms with Gasteiger partial charge in [-0.1, -0.05) is 12.6 Å². The highest BCUT2D eigenvalue weighted by atomic mass is 19.2. The average molecular weight is 573 g/mol. The zero-order chi connectivity index (χ0) is 29.8. The highest BCUT2D eigenvalue weighted by Gasteiger charge is 2.23. The Morgan fingerprint density at radius 3 is 2.64 bits per heavy atom. The number of aliphatic hydroxyl groups is 1. The van der Waals surface area contributed by atoms with E-state index in [1.54, 1.807) is 29.2 Å². The number of aliphatic hydroxyl groups excluding tert-OH is 1. The van der Waals surface area contributed by atoms with Gasteiger partial charge in [-0.05, 0) is 36.4 Å². The molecule has 0 atom stereocenters. The summed E-state index contributed by atoms with van der Waals surface area (Å²) in [7, 11) is 0. The number of hydrogen-bond donors (Lipinski definition) is 3. The zero-order valence-corrected chi connectivity index (χ0v) is 22.3. The molecule has 214 valence electrons. The van der Waals surface area contributed by atoms with E-state index in [0.717, 1.165) is 12.1 Å². The standard InChI is InChI=1S/C29H26F2N8O3/c1-2-25(42)34-18-4-3-5-19(14-18)39-20(16-32)15-24(41)21-17-33-29(36-28(21)39)35-22-6-7-23(27(31)26(22)30)38-10-8-37(9-11-38)12-13-40/h2-7,14-15,17,40H,1,8-13H2,(H,34,42)(H,33,35,36). The van der Waals surface area contributed by atoms with E-state index in [1.165, 1.54) is 22.9 Å². The van der Waals surface area contributed by atoms with Crippen molar-refractivity contribution < 1.29 is 18.7 Å². The smallest absolute Gasteiger partial charge is 0.247 e. The molecular weight excluding hydrogens is 546 g/mol. The third kappa shape index (κ3) is 5.67. The molecule has 42 heavy (non-hydrogen) atoms. The van der Waals surface area contributed by atoms with Gasteiger partial charge in [-0.3, -0.25) is 19.1 Å². The number of nitriles is 1. The minimum absolute atomic E-state index is 0.0362. The molecule has 0 aliphatic carbocycles. The molecule has 13 heteroatoms. The van der Waals surface area contributed by atoms with Gasteiger partial charge in [0.05, 0.1) is 29.1 Å². The second kappa shape index (κ2) is 12.1. The van der Waals surface area contributed by atoms with Crippen molar-refractivity contribution in [3.63, 3.8) is 0 Å². The van der Waals surface area contributed by atoms with Gasteiger partial charge in [-0.2, -0.15) is 10.2 Å². The molecule has 0 saturated carbocycles. The van der Waals surface area contributed by atoms with Gasteiger partial charge in [0.2, 0.25) is 11.9 Å². The summed E-state index contributed by atoms with van der Waals surface area (Å²) in [6, 6.07) is 12.5. The molecule has 0 spiro atoms. The number of nitrogens with one attached hydrogen (secondary N) is 2. The van der Waals surface area contributed by atoms with Crippen molar-refractivity contribution in [3.8, 4) is 11.8 Å². The number of nitrogens with zero attached hydrogens (tertiary/aromatic N) is 6. The van der Waals surface area contributed by atoms with Gasteiger partial charge in [0.25, 0.3) is 0 Å². The minimum atomic E-state index is -1.12. The van der Waals surface area contributed by atoms with E-state index >= 15 is 8.78 Å². The maximum Gasteiger partial charge on any atom is 0.247 e. The third-order valence-electron chi connectivity index (χ3n) is 6.86. The zero-order valence-electron chi connectivity index (χ0n) is 22.3. The number of benzene rings is 2. The average Bonchev–Trinajstić information content (AvgIpc) is 3.00. The Balaban J connectivity index is 1.50. The molecule has 1 saturated heterocycles. The van der Waals surface area contributed by atoms with Crippen molar-refractivity contribution in [1.82, 2.24) is 19.4 Å². The molecule has 1 aliphatic heterocycles. The number of carbonyl (C=O) groups excluding carboxylic acids is 1. The highest BCUT2D eigenvalue weighted by molar-refractivity contribution is 5.99. The fourth-order valence-corrected chi connectivity index (χ4v) is 4.77. The summed E-state index contributed by atoms with van der Waals surface area (Å²) >= 11 is 0. The first-order valence-electron chi connectivity index (χ1n) is 13.0. The first-order valence-corrected chi connectivity index (χ1v) is 13.0. The molecule has 0 bridgehead atoms. The number of anilines is 4. The lowest BCUT2D eigenvalue weighted by Gasteiger charge is -2.36. The fraction of sp³-hybridized carbons (Fsp3) is 0.207. The number of carbonyl (C=O) groups is 1. The molecule has 3 N–H and O–H groups in total. The Morgan fingerprint density at radius 2 is 1.93 bits per heavy atom. The maximum absolute atomic E-state index is 15.2. The summed E-state index contributed by atoms with van der Waals surface area (Å²) in [5.74, 6) is -2.72. The predicted octanol–water partition coefficient (Wildman–Crippen LogP) is 2.91. The van der Waals surface area contributed by atoms with Crippen LogP contribution in [0.2, 0.25) is 0 Å². The van der Waals surface area contributed by atoms with Gasteiger partial charge in [-0.15, -0.1) is 0 Å². The van der Waals surface area contributed by atoms with Crippen LogP contribution in [0.4, 0.5) is 31.8 Å². The third-order valence-corrected chi connectivity index (χ3v) is 6.86. The normalized spacial score (nSPS) is 13.5. The van der Waals surface area contributed by atoms with Crippen LogP contribution in [-0.4, -0.2) is 69.8 Å². The second-order valence-electron chi connectivity index (χ2n) is 9.45. The summed E-state index contributed by atoms with van der Waals surface area (Å²) in [5.41, 5.74) is 0.232. The van der Waals surface area contributed by atoms with Crippen LogP contribution in [0.15, 0.2) is 66.1 Å². The molecule has 1 fully saturated rings. The molecule has 11 nitrogen and oxygen atoms in total. The molecule has 2 aromatic heterocycles. The predicted molar refractivity (Wildman–Crippen MR) is 154 cm³/mol. The number of fused-ring (bicyclic) bond motifs is 1. The molecule has 0 radical (unpaired) electrons. The first-order chi connectivity index (χ1) is 20.3. The first kappa shape index (κ1) is 28.3. The number of piperazine rings is 1. The molecule has 3 heterocycles. The highest BCUT2D eigenvalue weighted by Crippen LogP contribution is 2.30. The Kier molecular flexibility index (Phi) is 8.19. The van der Waals surface area contributed by atoms with Crippen molar-refractivity contribution in [2.24, 2.45) is 0 Å². The summed E-state index contributed by atoms with van der Waals surface area (Å²) in [5, 5.41) is 24.3. The van der Waals surface area contributed by atoms with Crippen molar-refractivity contribution in [2.75, 3.05) is 54.9 Å². The molecule has 1 amide bonds. The Hall–Kier alpha value is -5.19. The van der Waals surface area contributed by atoms with Gasteiger partial charge in [0.15, 0.2) is 22.7 Å². The Morgan fingerprint density at radius 1 is 1.14 bits per heavy atom. The Bertz CT molecular complexity index is 1780. The SMILES string of the molecule is C=CC(=O)Nc1cccc(-n2c(C#N)cc(=O)c3cnc(Nc4ccc(N5CCN(CCO)CC5)c(F)c4F)nc32)c1. The van der Waals surface area contributed by atoms with E-state index in [9.17, 15) is 14.9 Å². The summed E-state index contributed by atoms with van der Waals surface area (Å²) < 4.78 is 31.8. The van der Waals surface area contributed by atoms with Gasteiger partial charge >= 0.3 is 0 Å². The monoisotopic (exact) mass is 572 g/mol. The van der Waals surface area contributed by atoms with E-state index < -0.39 is 23.0 Å². The van der Waals surface area contributed by atoms with Crippen molar-refractivity contribution >= 4 is 40.0 Å². The topological polar surface area (TPSA) is 139 Å². The quantitative estimate of drug-likeness (QED) is 0.272. The van der Waals surface area contributed by atoms with Crippen LogP contribution in [0.25, 0.3) is 16.7 Å². The number of aromatic nitrogens is 3. The van der Waals surface area contributed by atoms with Crippen LogP contribution in [-0.2, 0) is 4.79 Å². The van der Waals surface area contributed by atoms with E-state index in [-0.39, 0.29) is 40.7 Å². The Labute approximate surface area is 239 Å². The number of amides is 1. The molecule has 0 unspecified atom stereocenters. The number of pyridine rings is 1. The van der Waals surface area contributed by atoms with Crippen LogP contribution in [0.3, 0.4) is 0 Å². The molecule has 4 aromatic rings. The van der Waals surface area contributed by atoms with Crippen LogP contribution >= 0.6 is 0 Å². The van der Waals surface area contributed by atoms with Gasteiger partial charge in [-0.25, -0.2) is 13.8 Å². The van der Waals surface area contributed by atoms with Gasteiger partial charge in [0.1, 0.15) is 11.8 Å². The number of rotatable bonds is 8. The maximum atomic E-state index is 15.2. The van der Waals surface area contributed by atoms with E-state index in [0.29, 0.717) is 44.1 Å². The van der Waals surface area contributed by atoms with Crippen molar-refractivity contribution in [3.05, 3.63) is 88.9 Å². The van der Waals surface area contributed by atoms with Crippen LogP contribution < -0.4 is 21.0 Å². The molecule has 2 aromatic carbocycles. The number of hydrogen-bond acceptors (Lipinski definition) is 9. The van der Waals surface area contributed by atoms with Gasteiger partial charge < -0.3 is 20.6 Å². The number of halogens is 2. The lowest BCUT2D eigenvalue weighted by Crippen LogP contribution is -2.47. The van der Waals surface area contributed by atoms with Crippen molar-refractivity contribution in [2.45, 2.75) is 0 Å².